The van der Waals surface area contributed by atoms with Gasteiger partial charge in [0, 0.05) is 17.7 Å². The van der Waals surface area contributed by atoms with Crippen LogP contribution in [0.2, 0.25) is 0 Å². The smallest absolute Gasteiger partial charge is 0.164 e. The highest BCUT2D eigenvalue weighted by atomic mass is 32.1. The minimum atomic E-state index is -0.787. The lowest BCUT2D eigenvalue weighted by Gasteiger charge is -2.35. The average molecular weight is 496 g/mol. The zero-order valence-corrected chi connectivity index (χ0v) is 20.5. The molecule has 0 aliphatic carbocycles. The molecular formula is C27H27F2N3O2S. The standard InChI is InChI=1S/C27H27F2N3O2S/c1-16-6-7-17(2)19(12-16)24(14-33)32-10-8-18(9-11-32)27-30-23(15-35-27)22-13-25(34-31-22)26-20(28)4-3-5-21(26)29/h3-7,12,14-15,18,24-25H,8-11,13H2,1-2H3. The average Bonchev–Trinajstić information content (AvgIpc) is 3.52. The molecule has 3 aromatic rings. The molecule has 182 valence electrons. The number of aryl methyl sites for hydroxylation is 2. The lowest BCUT2D eigenvalue weighted by Crippen LogP contribution is -2.37. The Morgan fingerprint density at radius 3 is 2.60 bits per heavy atom. The van der Waals surface area contributed by atoms with Crippen LogP contribution in [-0.2, 0) is 9.63 Å². The van der Waals surface area contributed by atoms with E-state index < -0.39 is 17.7 Å². The molecule has 5 rings (SSSR count). The fraction of sp³-hybridized carbons (Fsp3) is 0.370. The first-order valence-corrected chi connectivity index (χ1v) is 12.7. The number of rotatable bonds is 6. The van der Waals surface area contributed by atoms with Crippen LogP contribution in [0.4, 0.5) is 8.78 Å². The number of carbonyl (C=O) groups excluding carboxylic acids is 1. The molecule has 5 nitrogen and oxygen atoms in total. The first kappa shape index (κ1) is 23.8. The zero-order chi connectivity index (χ0) is 24.5. The SMILES string of the molecule is Cc1ccc(C)c(C(C=O)N2CCC(c3nc(C4=NOC(c5c(F)cccc5F)C4)cs3)CC2)c1. The van der Waals surface area contributed by atoms with E-state index in [9.17, 15) is 13.6 Å². The van der Waals surface area contributed by atoms with Gasteiger partial charge in [-0.25, -0.2) is 13.8 Å². The van der Waals surface area contributed by atoms with Crippen LogP contribution in [0.25, 0.3) is 0 Å². The van der Waals surface area contributed by atoms with Gasteiger partial charge in [-0.05, 0) is 63.0 Å². The molecular weight excluding hydrogens is 468 g/mol. The van der Waals surface area contributed by atoms with E-state index in [4.69, 9.17) is 9.82 Å². The summed E-state index contributed by atoms with van der Waals surface area (Å²) >= 11 is 1.58. The van der Waals surface area contributed by atoms with E-state index in [0.717, 1.165) is 53.9 Å². The third-order valence-electron chi connectivity index (χ3n) is 6.96. The number of oxime groups is 1. The highest BCUT2D eigenvalue weighted by Gasteiger charge is 2.32. The normalized spacial score (nSPS) is 19.9. The second kappa shape index (κ2) is 9.95. The maximum absolute atomic E-state index is 14.1. The van der Waals surface area contributed by atoms with Gasteiger partial charge in [0.25, 0.3) is 0 Å². The van der Waals surface area contributed by atoms with Crippen LogP contribution in [0.1, 0.15) is 70.3 Å². The van der Waals surface area contributed by atoms with Crippen molar-refractivity contribution in [3.8, 4) is 0 Å². The number of aldehydes is 1. The van der Waals surface area contributed by atoms with Crippen molar-refractivity contribution in [1.29, 1.82) is 0 Å². The van der Waals surface area contributed by atoms with Gasteiger partial charge in [0.2, 0.25) is 0 Å². The van der Waals surface area contributed by atoms with Crippen molar-refractivity contribution in [2.75, 3.05) is 13.1 Å². The molecule has 0 N–H and O–H groups in total. The van der Waals surface area contributed by atoms with E-state index in [2.05, 4.69) is 35.2 Å². The summed E-state index contributed by atoms with van der Waals surface area (Å²) in [5, 5.41) is 7.04. The largest absolute Gasteiger partial charge is 0.387 e. The first-order valence-electron chi connectivity index (χ1n) is 11.8. The van der Waals surface area contributed by atoms with Gasteiger partial charge in [0.05, 0.1) is 22.3 Å². The number of halogens is 2. The molecule has 2 atom stereocenters. The molecule has 0 radical (unpaired) electrons. The van der Waals surface area contributed by atoms with Crippen molar-refractivity contribution in [3.63, 3.8) is 0 Å². The highest BCUT2D eigenvalue weighted by molar-refractivity contribution is 7.10. The van der Waals surface area contributed by atoms with E-state index in [1.54, 1.807) is 11.3 Å². The topological polar surface area (TPSA) is 54.8 Å². The first-order chi connectivity index (χ1) is 16.9. The zero-order valence-electron chi connectivity index (χ0n) is 19.7. The number of hydrogen-bond donors (Lipinski definition) is 0. The molecule has 8 heteroatoms. The minimum absolute atomic E-state index is 0.0948. The fourth-order valence-electron chi connectivity index (χ4n) is 4.97. The molecule has 35 heavy (non-hydrogen) atoms. The van der Waals surface area contributed by atoms with E-state index >= 15 is 0 Å². The quantitative estimate of drug-likeness (QED) is 0.392. The van der Waals surface area contributed by atoms with Crippen LogP contribution in [0.5, 0.6) is 0 Å². The van der Waals surface area contributed by atoms with E-state index in [0.29, 0.717) is 17.3 Å². The summed E-state index contributed by atoms with van der Waals surface area (Å²) in [6, 6.07) is 9.81. The molecule has 2 aliphatic rings. The minimum Gasteiger partial charge on any atom is -0.387 e. The predicted octanol–water partition coefficient (Wildman–Crippen LogP) is 6.02. The van der Waals surface area contributed by atoms with Crippen molar-refractivity contribution >= 4 is 23.3 Å². The maximum Gasteiger partial charge on any atom is 0.164 e. The lowest BCUT2D eigenvalue weighted by atomic mass is 9.93. The maximum atomic E-state index is 14.1. The lowest BCUT2D eigenvalue weighted by molar-refractivity contribution is -0.113. The van der Waals surface area contributed by atoms with Crippen molar-refractivity contribution in [3.05, 3.63) is 86.4 Å². The summed E-state index contributed by atoms with van der Waals surface area (Å²) in [5.41, 5.74) is 4.58. The number of benzene rings is 2. The molecule has 1 saturated heterocycles. The number of likely N-dealkylation sites (tertiary alicyclic amines) is 1. The summed E-state index contributed by atoms with van der Waals surface area (Å²) in [4.78, 5) is 24.4. The molecule has 0 spiro atoms. The molecule has 2 aliphatic heterocycles. The predicted molar refractivity (Wildman–Crippen MR) is 132 cm³/mol. The Morgan fingerprint density at radius 1 is 1.14 bits per heavy atom. The Bertz CT molecular complexity index is 1250. The summed E-state index contributed by atoms with van der Waals surface area (Å²) in [6.07, 6.45) is 2.36. The summed E-state index contributed by atoms with van der Waals surface area (Å²) in [7, 11) is 0. The van der Waals surface area contributed by atoms with Crippen molar-refractivity contribution < 1.29 is 18.4 Å². The molecule has 1 fully saturated rings. The van der Waals surface area contributed by atoms with E-state index in [1.165, 1.54) is 18.2 Å². The number of carbonyl (C=O) groups is 1. The van der Waals surface area contributed by atoms with Crippen LogP contribution in [0, 0.1) is 25.5 Å². The molecule has 2 aromatic carbocycles. The molecule has 0 amide bonds. The molecule has 0 saturated carbocycles. The third kappa shape index (κ3) is 4.77. The third-order valence-corrected chi connectivity index (χ3v) is 7.97. The summed E-state index contributed by atoms with van der Waals surface area (Å²) in [5.74, 6) is -0.961. The van der Waals surface area contributed by atoms with Gasteiger partial charge >= 0.3 is 0 Å². The molecule has 3 heterocycles. The van der Waals surface area contributed by atoms with Crippen molar-refractivity contribution in [2.45, 2.75) is 51.2 Å². The van der Waals surface area contributed by atoms with E-state index in [-0.39, 0.29) is 18.0 Å². The molecule has 0 bridgehead atoms. The van der Waals surface area contributed by atoms with Crippen LogP contribution >= 0.6 is 11.3 Å². The monoisotopic (exact) mass is 495 g/mol. The summed E-state index contributed by atoms with van der Waals surface area (Å²) in [6.45, 7) is 5.73. The van der Waals surface area contributed by atoms with Gasteiger partial charge in [0.1, 0.15) is 23.6 Å². The number of thiazole rings is 1. The van der Waals surface area contributed by atoms with Gasteiger partial charge in [-0.1, -0.05) is 35.0 Å². The Hall–Kier alpha value is -2.97. The second-order valence-corrected chi connectivity index (χ2v) is 10.2. The molecule has 2 unspecified atom stereocenters. The Kier molecular flexibility index (Phi) is 6.75. The number of hydrogen-bond acceptors (Lipinski definition) is 6. The number of piperidine rings is 1. The van der Waals surface area contributed by atoms with E-state index in [1.807, 2.05) is 12.3 Å². The van der Waals surface area contributed by atoms with Gasteiger partial charge in [-0.3, -0.25) is 4.90 Å². The second-order valence-electron chi connectivity index (χ2n) is 9.29. The van der Waals surface area contributed by atoms with Crippen LogP contribution in [0.15, 0.2) is 46.9 Å². The van der Waals surface area contributed by atoms with Crippen molar-refractivity contribution in [1.82, 2.24) is 9.88 Å². The Labute approximate surface area is 207 Å². The number of nitrogens with zero attached hydrogens (tertiary/aromatic N) is 3. The molecule has 1 aromatic heterocycles. The van der Waals surface area contributed by atoms with Gasteiger partial charge in [0.15, 0.2) is 6.10 Å². The van der Waals surface area contributed by atoms with Crippen LogP contribution in [-0.4, -0.2) is 35.0 Å². The van der Waals surface area contributed by atoms with Gasteiger partial charge < -0.3 is 9.63 Å². The number of aromatic nitrogens is 1. The van der Waals surface area contributed by atoms with Gasteiger partial charge in [-0.2, -0.15) is 0 Å². The Balaban J connectivity index is 1.23. The van der Waals surface area contributed by atoms with Crippen molar-refractivity contribution in [2.24, 2.45) is 5.16 Å². The Morgan fingerprint density at radius 2 is 1.89 bits per heavy atom. The van der Waals surface area contributed by atoms with Crippen LogP contribution in [0.3, 0.4) is 0 Å². The highest BCUT2D eigenvalue weighted by Crippen LogP contribution is 2.36. The summed E-state index contributed by atoms with van der Waals surface area (Å²) < 4.78 is 28.3. The van der Waals surface area contributed by atoms with Gasteiger partial charge in [-0.15, -0.1) is 11.3 Å². The van der Waals surface area contributed by atoms with Crippen LogP contribution < -0.4 is 0 Å². The fourth-order valence-corrected chi connectivity index (χ4v) is 5.97.